The lowest BCUT2D eigenvalue weighted by Gasteiger charge is -2.19. The zero-order chi connectivity index (χ0) is 41.1. The fourth-order valence-corrected chi connectivity index (χ4v) is 6.13. The molecule has 0 fully saturated rings. The molecule has 0 aliphatic heterocycles. The first-order chi connectivity index (χ1) is 27.7. The molecule has 0 saturated heterocycles. The second kappa shape index (κ2) is 10.4. The SMILES string of the molecule is [2H]c1ccc(-c2c([2H])c([2H])c(-c3c4c([2H])c([2H])c([2H])c([2H])c4c(-c4cc(-c5ccccc5)cc5oc6ccccc6c45)c4c([2H])c([2H])c([2H])c([2H])c34)c([2H])c2[2H])cc1. The fraction of sp³-hybridized carbons (Fsp3) is 0. The van der Waals surface area contributed by atoms with Crippen molar-refractivity contribution in [1.29, 1.82) is 0 Å². The molecule has 9 aromatic rings. The molecule has 45 heavy (non-hydrogen) atoms. The third kappa shape index (κ3) is 4.17. The Morgan fingerprint density at radius 2 is 0.933 bits per heavy atom. The summed E-state index contributed by atoms with van der Waals surface area (Å²) in [6, 6.07) is 19.4. The van der Waals surface area contributed by atoms with Crippen LogP contribution >= 0.6 is 0 Å². The van der Waals surface area contributed by atoms with Crippen molar-refractivity contribution >= 4 is 43.5 Å². The van der Waals surface area contributed by atoms with Gasteiger partial charge in [-0.3, -0.25) is 0 Å². The maximum Gasteiger partial charge on any atom is 0.136 e. The summed E-state index contributed by atoms with van der Waals surface area (Å²) in [6.07, 6.45) is 0. The number of hydrogen-bond acceptors (Lipinski definition) is 1. The fourth-order valence-electron chi connectivity index (χ4n) is 6.13. The highest BCUT2D eigenvalue weighted by Crippen LogP contribution is 2.48. The van der Waals surface area contributed by atoms with Crippen LogP contribution in [0.1, 0.15) is 17.8 Å². The largest absolute Gasteiger partial charge is 0.456 e. The van der Waals surface area contributed by atoms with E-state index in [9.17, 15) is 8.22 Å². The summed E-state index contributed by atoms with van der Waals surface area (Å²) in [5, 5.41) is 0.420. The first kappa shape index (κ1) is 15.7. The van der Waals surface area contributed by atoms with Crippen LogP contribution in [0.3, 0.4) is 0 Å². The van der Waals surface area contributed by atoms with Gasteiger partial charge in [0.25, 0.3) is 0 Å². The van der Waals surface area contributed by atoms with Crippen molar-refractivity contribution in [2.45, 2.75) is 0 Å². The number of fused-ring (bicyclic) bond motifs is 5. The van der Waals surface area contributed by atoms with Crippen LogP contribution in [-0.2, 0) is 0 Å². The third-order valence-corrected chi connectivity index (χ3v) is 8.11. The quantitative estimate of drug-likeness (QED) is 0.187. The standard InChI is InChI=1S/C44H28O/c1-3-13-29(14-4-1)31-23-25-32(26-24-31)42-34-17-7-9-19-36(34)43(37-20-10-8-18-35(37)42)39-27-33(30-15-5-2-6-16-30)28-41-44(39)38-21-11-12-22-40(38)45-41/h1-28H/i1D,7D,8D,9D,10D,17D,18D,19D,20D,23D,24D,25D,26D. The molecular formula is C44H28O. The van der Waals surface area contributed by atoms with Gasteiger partial charge in [0, 0.05) is 10.8 Å². The van der Waals surface area contributed by atoms with Crippen molar-refractivity contribution in [2.75, 3.05) is 0 Å². The van der Waals surface area contributed by atoms with Gasteiger partial charge in [0.15, 0.2) is 0 Å². The Labute approximate surface area is 279 Å². The number of rotatable bonds is 4. The van der Waals surface area contributed by atoms with Crippen LogP contribution in [0.2, 0.25) is 0 Å². The third-order valence-electron chi connectivity index (χ3n) is 8.11. The van der Waals surface area contributed by atoms with E-state index in [2.05, 4.69) is 0 Å². The maximum absolute atomic E-state index is 9.49. The Morgan fingerprint density at radius 3 is 1.62 bits per heavy atom. The average molecular weight is 586 g/mol. The highest BCUT2D eigenvalue weighted by atomic mass is 16.3. The molecule has 210 valence electrons. The van der Waals surface area contributed by atoms with Crippen molar-refractivity contribution in [3.8, 4) is 44.5 Å². The molecule has 0 amide bonds. The molecule has 9 rings (SSSR count). The van der Waals surface area contributed by atoms with Crippen molar-refractivity contribution in [3.63, 3.8) is 0 Å². The van der Waals surface area contributed by atoms with Crippen LogP contribution in [0.5, 0.6) is 0 Å². The van der Waals surface area contributed by atoms with Crippen LogP contribution in [0.4, 0.5) is 0 Å². The lowest BCUT2D eigenvalue weighted by atomic mass is 9.84. The van der Waals surface area contributed by atoms with Gasteiger partial charge in [0.05, 0.1) is 17.8 Å². The predicted molar refractivity (Wildman–Crippen MR) is 190 cm³/mol. The van der Waals surface area contributed by atoms with E-state index in [1.165, 1.54) is 24.3 Å². The maximum atomic E-state index is 9.49. The summed E-state index contributed by atoms with van der Waals surface area (Å²) in [5.74, 6) is 0. The first-order valence-corrected chi connectivity index (χ1v) is 14.4. The minimum Gasteiger partial charge on any atom is -0.456 e. The molecule has 1 nitrogen and oxygen atoms in total. The monoisotopic (exact) mass is 585 g/mol. The van der Waals surface area contributed by atoms with E-state index in [-0.39, 0.29) is 44.3 Å². The van der Waals surface area contributed by atoms with Crippen LogP contribution in [0.15, 0.2) is 174 Å². The molecule has 0 spiro atoms. The smallest absolute Gasteiger partial charge is 0.136 e. The van der Waals surface area contributed by atoms with Gasteiger partial charge in [0.2, 0.25) is 0 Å². The van der Waals surface area contributed by atoms with Gasteiger partial charge in [-0.25, -0.2) is 0 Å². The Bertz CT molecular complexity index is 3140. The van der Waals surface area contributed by atoms with Gasteiger partial charge in [-0.05, 0) is 84.3 Å². The molecule has 0 atom stereocenters. The predicted octanol–water partition coefficient (Wildman–Crippen LogP) is 12.6. The Balaban J connectivity index is 1.58. The van der Waals surface area contributed by atoms with Gasteiger partial charge < -0.3 is 4.42 Å². The molecule has 1 heterocycles. The van der Waals surface area contributed by atoms with E-state index < -0.39 is 78.1 Å². The van der Waals surface area contributed by atoms with Gasteiger partial charge in [-0.1, -0.05) is 151 Å². The van der Waals surface area contributed by atoms with Crippen LogP contribution in [-0.4, -0.2) is 0 Å². The molecule has 0 saturated carbocycles. The molecule has 0 bridgehead atoms. The molecule has 0 N–H and O–H groups in total. The summed E-state index contributed by atoms with van der Waals surface area (Å²) in [6.45, 7) is 0. The highest BCUT2D eigenvalue weighted by molar-refractivity contribution is 6.26. The molecule has 1 heteroatoms. The topological polar surface area (TPSA) is 13.1 Å². The lowest BCUT2D eigenvalue weighted by molar-refractivity contribution is 0.669. The Morgan fingerprint density at radius 1 is 0.378 bits per heavy atom. The molecular weight excluding hydrogens is 544 g/mol. The van der Waals surface area contributed by atoms with E-state index >= 15 is 0 Å². The molecule has 0 aliphatic rings. The summed E-state index contributed by atoms with van der Waals surface area (Å²) >= 11 is 0. The van der Waals surface area contributed by atoms with Crippen molar-refractivity contribution in [1.82, 2.24) is 0 Å². The van der Waals surface area contributed by atoms with E-state index in [1.54, 1.807) is 6.07 Å². The number of benzene rings is 8. The molecule has 1 aromatic heterocycles. The first-order valence-electron chi connectivity index (χ1n) is 20.9. The second-order valence-corrected chi connectivity index (χ2v) is 10.6. The molecule has 0 aliphatic carbocycles. The van der Waals surface area contributed by atoms with Gasteiger partial charge in [-0.2, -0.15) is 0 Å². The normalized spacial score (nSPS) is 15.6. The molecule has 8 aromatic carbocycles. The second-order valence-electron chi connectivity index (χ2n) is 10.6. The lowest BCUT2D eigenvalue weighted by Crippen LogP contribution is -1.92. The summed E-state index contributed by atoms with van der Waals surface area (Å²) < 4.78 is 125. The van der Waals surface area contributed by atoms with Crippen molar-refractivity contribution < 1.29 is 22.2 Å². The van der Waals surface area contributed by atoms with Crippen LogP contribution in [0.25, 0.3) is 88.0 Å². The summed E-state index contributed by atoms with van der Waals surface area (Å²) in [5.41, 5.74) is 2.33. The van der Waals surface area contributed by atoms with E-state index in [0.717, 1.165) is 5.56 Å². The van der Waals surface area contributed by atoms with Crippen LogP contribution in [0, 0.1) is 0 Å². The molecule has 0 unspecified atom stereocenters. The highest BCUT2D eigenvalue weighted by Gasteiger charge is 2.21. The number of furan rings is 1. The zero-order valence-corrected chi connectivity index (χ0v) is 23.6. The van der Waals surface area contributed by atoms with Crippen LogP contribution < -0.4 is 0 Å². The Hall–Kier alpha value is -5.92. The number of para-hydroxylation sites is 1. The average Bonchev–Trinajstić information content (AvgIpc) is 3.61. The minimum absolute atomic E-state index is 0.0597. The van der Waals surface area contributed by atoms with Gasteiger partial charge in [-0.15, -0.1) is 0 Å². The number of hydrogen-bond donors (Lipinski definition) is 0. The minimum atomic E-state index is -0.663. The summed E-state index contributed by atoms with van der Waals surface area (Å²) in [7, 11) is 0. The van der Waals surface area contributed by atoms with Gasteiger partial charge in [0.1, 0.15) is 11.2 Å². The van der Waals surface area contributed by atoms with E-state index in [4.69, 9.17) is 14.0 Å². The van der Waals surface area contributed by atoms with E-state index in [1.807, 2.05) is 60.7 Å². The Kier molecular flexibility index (Phi) is 3.62. The zero-order valence-electron chi connectivity index (χ0n) is 36.6. The molecule has 0 radical (unpaired) electrons. The summed E-state index contributed by atoms with van der Waals surface area (Å²) in [4.78, 5) is 0. The van der Waals surface area contributed by atoms with Crippen molar-refractivity contribution in [3.05, 3.63) is 170 Å². The van der Waals surface area contributed by atoms with Gasteiger partial charge >= 0.3 is 0 Å². The van der Waals surface area contributed by atoms with Crippen molar-refractivity contribution in [2.24, 2.45) is 0 Å². The van der Waals surface area contributed by atoms with E-state index in [0.29, 0.717) is 38.6 Å².